The SMILES string of the molecule is CC(C)(C)N(C(=O)c1ccc(Cl)cc1)N(Cl)Cl. The van der Waals surface area contributed by atoms with Crippen molar-refractivity contribution < 1.29 is 4.79 Å². The van der Waals surface area contributed by atoms with Crippen molar-refractivity contribution in [2.75, 3.05) is 0 Å². The first-order valence-electron chi connectivity index (χ1n) is 4.95. The maximum Gasteiger partial charge on any atom is 0.270 e. The van der Waals surface area contributed by atoms with Crippen LogP contribution in [0.3, 0.4) is 0 Å². The lowest BCUT2D eigenvalue weighted by molar-refractivity contribution is 0.0244. The van der Waals surface area contributed by atoms with Crippen LogP contribution < -0.4 is 0 Å². The molecule has 0 aliphatic carbocycles. The number of halogens is 3. The summed E-state index contributed by atoms with van der Waals surface area (Å²) < 4.78 is 0.747. The van der Waals surface area contributed by atoms with E-state index in [-0.39, 0.29) is 5.91 Å². The zero-order chi connectivity index (χ0) is 13.2. The Morgan fingerprint density at radius 2 is 1.59 bits per heavy atom. The Morgan fingerprint density at radius 1 is 1.12 bits per heavy atom. The lowest BCUT2D eigenvalue weighted by Crippen LogP contribution is -2.49. The maximum atomic E-state index is 12.2. The summed E-state index contributed by atoms with van der Waals surface area (Å²) in [7, 11) is 0. The Balaban J connectivity index is 3.05. The standard InChI is InChI=1S/C11H13Cl3N2O/c1-11(2,3)15(16(13)14)10(17)8-4-6-9(12)7-5-8/h4-7H,1-3H3. The quantitative estimate of drug-likeness (QED) is 0.605. The third kappa shape index (κ3) is 3.75. The Hall–Kier alpha value is -0.480. The molecule has 0 saturated heterocycles. The van der Waals surface area contributed by atoms with Crippen LogP contribution in [0.4, 0.5) is 0 Å². The molecule has 6 heteroatoms. The number of benzene rings is 1. The van der Waals surface area contributed by atoms with Crippen LogP contribution in [-0.4, -0.2) is 20.5 Å². The first-order valence-corrected chi connectivity index (χ1v) is 6.00. The number of nitrogens with zero attached hydrogens (tertiary/aromatic N) is 2. The summed E-state index contributed by atoms with van der Waals surface area (Å²) in [5, 5.41) is 1.82. The Labute approximate surface area is 116 Å². The molecule has 1 amide bonds. The zero-order valence-electron chi connectivity index (χ0n) is 9.75. The maximum absolute atomic E-state index is 12.2. The van der Waals surface area contributed by atoms with Crippen molar-refractivity contribution in [2.45, 2.75) is 26.3 Å². The largest absolute Gasteiger partial charge is 0.270 e. The van der Waals surface area contributed by atoms with Crippen molar-refractivity contribution in [1.29, 1.82) is 0 Å². The highest BCUT2D eigenvalue weighted by molar-refractivity contribution is 6.34. The number of hydrazine groups is 1. The van der Waals surface area contributed by atoms with Crippen molar-refractivity contribution in [3.8, 4) is 0 Å². The summed E-state index contributed by atoms with van der Waals surface area (Å²) in [5.74, 6) is -0.292. The van der Waals surface area contributed by atoms with Crippen molar-refractivity contribution in [3.63, 3.8) is 0 Å². The van der Waals surface area contributed by atoms with Crippen LogP contribution in [0.2, 0.25) is 5.02 Å². The molecular weight excluding hydrogens is 282 g/mol. The summed E-state index contributed by atoms with van der Waals surface area (Å²) in [6.07, 6.45) is 0. The van der Waals surface area contributed by atoms with Crippen molar-refractivity contribution in [3.05, 3.63) is 34.9 Å². The van der Waals surface area contributed by atoms with Crippen LogP contribution >= 0.6 is 35.2 Å². The molecule has 1 aromatic rings. The predicted octanol–water partition coefficient (Wildman–Crippen LogP) is 4.11. The van der Waals surface area contributed by atoms with Gasteiger partial charge in [0.05, 0.1) is 5.54 Å². The minimum absolute atomic E-state index is 0.292. The number of hydrogen-bond acceptors (Lipinski definition) is 2. The molecule has 0 bridgehead atoms. The topological polar surface area (TPSA) is 23.6 Å². The van der Waals surface area contributed by atoms with Crippen molar-refractivity contribution in [2.24, 2.45) is 0 Å². The first-order chi connectivity index (χ1) is 7.73. The lowest BCUT2D eigenvalue weighted by atomic mass is 10.1. The van der Waals surface area contributed by atoms with Crippen molar-refractivity contribution >= 4 is 41.1 Å². The van der Waals surface area contributed by atoms with Crippen molar-refractivity contribution in [1.82, 2.24) is 9.06 Å². The van der Waals surface area contributed by atoms with E-state index in [2.05, 4.69) is 0 Å². The second-order valence-electron chi connectivity index (χ2n) is 4.51. The monoisotopic (exact) mass is 294 g/mol. The van der Waals surface area contributed by atoms with Gasteiger partial charge in [-0.1, -0.05) is 11.6 Å². The molecule has 17 heavy (non-hydrogen) atoms. The van der Waals surface area contributed by atoms with Gasteiger partial charge in [-0.3, -0.25) is 4.79 Å². The molecule has 3 nitrogen and oxygen atoms in total. The summed E-state index contributed by atoms with van der Waals surface area (Å²) in [6.45, 7) is 5.50. The van der Waals surface area contributed by atoms with Gasteiger partial charge < -0.3 is 0 Å². The molecule has 1 aromatic carbocycles. The van der Waals surface area contributed by atoms with E-state index < -0.39 is 5.54 Å². The Morgan fingerprint density at radius 3 is 1.94 bits per heavy atom. The number of amides is 1. The minimum atomic E-state index is -0.528. The van der Waals surface area contributed by atoms with E-state index in [0.29, 0.717) is 10.6 Å². The second-order valence-corrected chi connectivity index (χ2v) is 5.76. The molecule has 0 unspecified atom stereocenters. The molecule has 0 aliphatic rings. The van der Waals surface area contributed by atoms with Crippen LogP contribution in [0, 0.1) is 0 Å². The highest BCUT2D eigenvalue weighted by atomic mass is 35.5. The molecular formula is C11H13Cl3N2O. The summed E-state index contributed by atoms with van der Waals surface area (Å²) >= 11 is 17.1. The third-order valence-corrected chi connectivity index (χ3v) is 2.62. The fraction of sp³-hybridized carbons (Fsp3) is 0.364. The van der Waals surface area contributed by atoms with Gasteiger partial charge in [-0.2, -0.15) is 0 Å². The van der Waals surface area contributed by atoms with Crippen LogP contribution in [0.15, 0.2) is 24.3 Å². The molecule has 0 fully saturated rings. The average Bonchev–Trinajstić information content (AvgIpc) is 2.15. The predicted molar refractivity (Wildman–Crippen MR) is 70.9 cm³/mol. The fourth-order valence-electron chi connectivity index (χ4n) is 1.31. The minimum Gasteiger partial charge on any atom is -0.268 e. The molecule has 1 rings (SSSR count). The lowest BCUT2D eigenvalue weighted by Gasteiger charge is -2.36. The van der Waals surface area contributed by atoms with Gasteiger partial charge in [-0.05, 0) is 49.1 Å². The molecule has 94 valence electrons. The third-order valence-electron chi connectivity index (χ3n) is 2.07. The van der Waals surface area contributed by atoms with Crippen LogP contribution in [-0.2, 0) is 0 Å². The van der Waals surface area contributed by atoms with Crippen LogP contribution in [0.1, 0.15) is 31.1 Å². The molecule has 0 saturated carbocycles. The molecule has 0 radical (unpaired) electrons. The van der Waals surface area contributed by atoms with Gasteiger partial charge in [0.25, 0.3) is 5.91 Å². The van der Waals surface area contributed by atoms with E-state index in [0.717, 1.165) is 4.05 Å². The normalized spacial score (nSPS) is 11.7. The molecule has 0 atom stereocenters. The second kappa shape index (κ2) is 5.44. The number of rotatable bonds is 2. The van der Waals surface area contributed by atoms with Gasteiger partial charge in [-0.25, -0.2) is 5.01 Å². The van der Waals surface area contributed by atoms with Gasteiger partial charge >= 0.3 is 0 Å². The number of hydrogen-bond donors (Lipinski definition) is 0. The van der Waals surface area contributed by atoms with Crippen LogP contribution in [0.5, 0.6) is 0 Å². The van der Waals surface area contributed by atoms with E-state index in [9.17, 15) is 4.79 Å². The van der Waals surface area contributed by atoms with Gasteiger partial charge in [0.1, 0.15) is 0 Å². The number of carbonyl (C=O) groups excluding carboxylic acids is 1. The molecule has 0 aromatic heterocycles. The zero-order valence-corrected chi connectivity index (χ0v) is 12.0. The Kier molecular flexibility index (Phi) is 4.67. The van der Waals surface area contributed by atoms with E-state index in [1.807, 2.05) is 20.8 Å². The van der Waals surface area contributed by atoms with E-state index in [4.69, 9.17) is 35.2 Å². The summed E-state index contributed by atoms with van der Waals surface area (Å²) in [6, 6.07) is 6.53. The first kappa shape index (κ1) is 14.6. The van der Waals surface area contributed by atoms with E-state index in [1.54, 1.807) is 24.3 Å². The highest BCUT2D eigenvalue weighted by Gasteiger charge is 2.31. The average molecular weight is 296 g/mol. The highest BCUT2D eigenvalue weighted by Crippen LogP contribution is 2.23. The van der Waals surface area contributed by atoms with Gasteiger partial charge in [0.2, 0.25) is 0 Å². The fourth-order valence-corrected chi connectivity index (χ4v) is 2.03. The van der Waals surface area contributed by atoms with Gasteiger partial charge in [0.15, 0.2) is 0 Å². The van der Waals surface area contributed by atoms with E-state index >= 15 is 0 Å². The molecule has 0 heterocycles. The molecule has 0 N–H and O–H groups in total. The Bertz CT molecular complexity index is 398. The smallest absolute Gasteiger partial charge is 0.268 e. The van der Waals surface area contributed by atoms with Gasteiger partial charge in [0, 0.05) is 34.1 Å². The summed E-state index contributed by atoms with van der Waals surface area (Å²) in [4.78, 5) is 12.2. The van der Waals surface area contributed by atoms with Gasteiger partial charge in [-0.15, -0.1) is 0 Å². The van der Waals surface area contributed by atoms with E-state index in [1.165, 1.54) is 5.01 Å². The molecule has 0 spiro atoms. The molecule has 0 aliphatic heterocycles. The van der Waals surface area contributed by atoms with Crippen LogP contribution in [0.25, 0.3) is 0 Å². The number of carbonyl (C=O) groups is 1. The summed E-state index contributed by atoms with van der Waals surface area (Å²) in [5.41, 5.74) is -0.0594.